The first-order chi connectivity index (χ1) is 9.57. The minimum absolute atomic E-state index is 0.137. The van der Waals surface area contributed by atoms with Gasteiger partial charge in [0.05, 0.1) is 4.90 Å². The summed E-state index contributed by atoms with van der Waals surface area (Å²) in [6.45, 7) is 0.452. The number of hydrogen-bond donors (Lipinski definition) is 0. The van der Waals surface area contributed by atoms with Gasteiger partial charge in [0.2, 0.25) is 10.0 Å². The minimum Gasteiger partial charge on any atom is -0.207 e. The van der Waals surface area contributed by atoms with Crippen LogP contribution >= 0.6 is 22.9 Å². The van der Waals surface area contributed by atoms with Crippen molar-refractivity contribution in [2.45, 2.75) is 30.3 Å². The first-order valence-electron chi connectivity index (χ1n) is 6.37. The molecule has 3 rings (SSSR count). The third-order valence-electron chi connectivity index (χ3n) is 3.27. The van der Waals surface area contributed by atoms with Gasteiger partial charge in [0.1, 0.15) is 0 Å². The molecule has 0 unspecified atom stereocenters. The number of halogens is 1. The Morgan fingerprint density at radius 1 is 1.20 bits per heavy atom. The van der Waals surface area contributed by atoms with Crippen molar-refractivity contribution >= 4 is 33.0 Å². The van der Waals surface area contributed by atoms with Crippen LogP contribution in [0.15, 0.2) is 46.7 Å². The Balaban J connectivity index is 1.91. The van der Waals surface area contributed by atoms with Gasteiger partial charge in [-0.25, -0.2) is 8.42 Å². The number of hydrogen-bond acceptors (Lipinski definition) is 3. The summed E-state index contributed by atoms with van der Waals surface area (Å²) in [4.78, 5) is 1.37. The van der Waals surface area contributed by atoms with Crippen molar-refractivity contribution in [1.82, 2.24) is 4.31 Å². The summed E-state index contributed by atoms with van der Waals surface area (Å²) in [5.74, 6) is 0. The summed E-state index contributed by atoms with van der Waals surface area (Å²) in [6, 6.07) is 10.4. The molecule has 1 aromatic heterocycles. The van der Waals surface area contributed by atoms with Crippen molar-refractivity contribution in [2.75, 3.05) is 0 Å². The zero-order valence-electron chi connectivity index (χ0n) is 10.7. The third kappa shape index (κ3) is 2.91. The lowest BCUT2D eigenvalue weighted by Gasteiger charge is -2.21. The molecule has 3 nitrogen and oxygen atoms in total. The van der Waals surface area contributed by atoms with Crippen LogP contribution in [-0.2, 0) is 16.6 Å². The molecule has 1 heterocycles. The second kappa shape index (κ2) is 5.48. The molecule has 1 aliphatic carbocycles. The lowest BCUT2D eigenvalue weighted by molar-refractivity contribution is 0.401. The second-order valence-electron chi connectivity index (χ2n) is 4.81. The van der Waals surface area contributed by atoms with E-state index in [1.165, 1.54) is 0 Å². The topological polar surface area (TPSA) is 37.4 Å². The van der Waals surface area contributed by atoms with Crippen molar-refractivity contribution in [3.05, 3.63) is 51.7 Å². The molecule has 1 saturated carbocycles. The maximum Gasteiger partial charge on any atom is 0.243 e. The summed E-state index contributed by atoms with van der Waals surface area (Å²) in [5.41, 5.74) is 0. The van der Waals surface area contributed by atoms with Crippen LogP contribution in [-0.4, -0.2) is 18.8 Å². The van der Waals surface area contributed by atoms with E-state index in [1.807, 2.05) is 17.5 Å². The van der Waals surface area contributed by atoms with Crippen LogP contribution in [0.4, 0.5) is 0 Å². The van der Waals surface area contributed by atoms with Gasteiger partial charge in [-0.05, 0) is 48.6 Å². The lowest BCUT2D eigenvalue weighted by atomic mass is 10.4. The van der Waals surface area contributed by atoms with Gasteiger partial charge in [0.15, 0.2) is 0 Å². The van der Waals surface area contributed by atoms with Crippen LogP contribution in [0.3, 0.4) is 0 Å². The van der Waals surface area contributed by atoms with Gasteiger partial charge in [-0.15, -0.1) is 11.3 Å². The van der Waals surface area contributed by atoms with E-state index in [0.717, 1.165) is 17.7 Å². The van der Waals surface area contributed by atoms with Gasteiger partial charge in [0.25, 0.3) is 0 Å². The Morgan fingerprint density at radius 3 is 2.45 bits per heavy atom. The molecule has 0 atom stereocenters. The van der Waals surface area contributed by atoms with Gasteiger partial charge >= 0.3 is 0 Å². The maximum atomic E-state index is 12.7. The number of benzene rings is 1. The minimum atomic E-state index is -3.45. The highest BCUT2D eigenvalue weighted by Gasteiger charge is 2.38. The average molecular weight is 328 g/mol. The molecule has 1 aliphatic rings. The predicted octanol–water partition coefficient (Wildman–Crippen LogP) is 3.75. The number of sulfonamides is 1. The Morgan fingerprint density at radius 2 is 1.90 bits per heavy atom. The predicted molar refractivity (Wildman–Crippen MR) is 81.5 cm³/mol. The lowest BCUT2D eigenvalue weighted by Crippen LogP contribution is -2.32. The van der Waals surface area contributed by atoms with E-state index in [4.69, 9.17) is 11.6 Å². The normalized spacial score (nSPS) is 15.7. The highest BCUT2D eigenvalue weighted by molar-refractivity contribution is 7.89. The van der Waals surface area contributed by atoms with E-state index in [2.05, 4.69) is 0 Å². The molecule has 0 radical (unpaired) electrons. The van der Waals surface area contributed by atoms with Crippen LogP contribution in [0.5, 0.6) is 0 Å². The largest absolute Gasteiger partial charge is 0.243 e. The fraction of sp³-hybridized carbons (Fsp3) is 0.286. The smallest absolute Gasteiger partial charge is 0.207 e. The van der Waals surface area contributed by atoms with Crippen molar-refractivity contribution < 1.29 is 8.42 Å². The zero-order chi connectivity index (χ0) is 14.2. The Kier molecular flexibility index (Phi) is 3.86. The SMILES string of the molecule is O=S(=O)(c1ccc(Cl)cc1)N(Cc1cccs1)C1CC1. The first-order valence-corrected chi connectivity index (χ1v) is 9.07. The molecular weight excluding hydrogens is 314 g/mol. The molecule has 2 aromatic rings. The molecule has 1 fully saturated rings. The zero-order valence-corrected chi connectivity index (χ0v) is 13.1. The summed E-state index contributed by atoms with van der Waals surface area (Å²) in [7, 11) is -3.45. The first kappa shape index (κ1) is 14.1. The van der Waals surface area contributed by atoms with E-state index < -0.39 is 10.0 Å². The molecule has 1 aromatic carbocycles. The molecule has 0 N–H and O–H groups in total. The number of rotatable bonds is 5. The van der Waals surface area contributed by atoms with Crippen LogP contribution in [0.25, 0.3) is 0 Å². The molecule has 0 saturated heterocycles. The van der Waals surface area contributed by atoms with Crippen molar-refractivity contribution in [3.8, 4) is 0 Å². The number of thiophene rings is 1. The number of nitrogens with zero attached hydrogens (tertiary/aromatic N) is 1. The molecule has 6 heteroatoms. The molecule has 0 aliphatic heterocycles. The van der Waals surface area contributed by atoms with Crippen molar-refractivity contribution in [3.63, 3.8) is 0 Å². The van der Waals surface area contributed by atoms with Crippen molar-refractivity contribution in [1.29, 1.82) is 0 Å². The summed E-state index contributed by atoms with van der Waals surface area (Å²) < 4.78 is 27.1. The van der Waals surface area contributed by atoms with E-state index in [9.17, 15) is 8.42 Å². The van der Waals surface area contributed by atoms with Crippen molar-refractivity contribution in [2.24, 2.45) is 0 Å². The van der Waals surface area contributed by atoms with Gasteiger partial charge in [0, 0.05) is 22.5 Å². The Labute approximate surface area is 127 Å². The van der Waals surface area contributed by atoms with Gasteiger partial charge in [-0.3, -0.25) is 0 Å². The molecular formula is C14H14ClNO2S2. The van der Waals surface area contributed by atoms with Crippen LogP contribution < -0.4 is 0 Å². The summed E-state index contributed by atoms with van der Waals surface area (Å²) in [6.07, 6.45) is 1.89. The molecule has 0 bridgehead atoms. The molecule has 106 valence electrons. The quantitative estimate of drug-likeness (QED) is 0.838. The summed E-state index contributed by atoms with van der Waals surface area (Å²) >= 11 is 7.41. The van der Waals surface area contributed by atoms with E-state index >= 15 is 0 Å². The monoisotopic (exact) mass is 327 g/mol. The summed E-state index contributed by atoms with van der Waals surface area (Å²) in [5, 5.41) is 2.51. The fourth-order valence-corrected chi connectivity index (χ4v) is 4.64. The van der Waals surface area contributed by atoms with Gasteiger partial charge in [-0.2, -0.15) is 4.31 Å². The van der Waals surface area contributed by atoms with Gasteiger partial charge < -0.3 is 0 Å². The second-order valence-corrected chi connectivity index (χ2v) is 8.17. The fourth-order valence-electron chi connectivity index (χ4n) is 2.07. The van der Waals surface area contributed by atoms with Crippen LogP contribution in [0.1, 0.15) is 17.7 Å². The highest BCUT2D eigenvalue weighted by atomic mass is 35.5. The molecule has 0 amide bonds. The van der Waals surface area contributed by atoms with Crippen LogP contribution in [0, 0.1) is 0 Å². The van der Waals surface area contributed by atoms with Gasteiger partial charge in [-0.1, -0.05) is 17.7 Å². The standard InChI is InChI=1S/C14H14ClNO2S2/c15-11-3-7-14(8-4-11)20(17,18)16(12-5-6-12)10-13-2-1-9-19-13/h1-4,7-9,12H,5-6,10H2. The maximum absolute atomic E-state index is 12.7. The Hall–Kier alpha value is -0.880. The van der Waals surface area contributed by atoms with E-state index in [0.29, 0.717) is 16.5 Å². The van der Waals surface area contributed by atoms with Crippen LogP contribution in [0.2, 0.25) is 5.02 Å². The van der Waals surface area contributed by atoms with E-state index in [1.54, 1.807) is 39.9 Å². The molecule has 20 heavy (non-hydrogen) atoms. The molecule has 0 spiro atoms. The average Bonchev–Trinajstić information content (AvgIpc) is 3.12. The highest BCUT2D eigenvalue weighted by Crippen LogP contribution is 2.34. The third-order valence-corrected chi connectivity index (χ3v) is 6.29. The Bertz CT molecular complexity index is 676. The van der Waals surface area contributed by atoms with E-state index in [-0.39, 0.29) is 6.04 Å².